The summed E-state index contributed by atoms with van der Waals surface area (Å²) < 4.78 is 29.0. The maximum absolute atomic E-state index is 12.6. The Morgan fingerprint density at radius 2 is 2.17 bits per heavy atom. The van der Waals surface area contributed by atoms with Crippen LogP contribution in [0.15, 0.2) is 32.0 Å². The predicted molar refractivity (Wildman–Crippen MR) is 97.6 cm³/mol. The van der Waals surface area contributed by atoms with Gasteiger partial charge in [-0.2, -0.15) is 0 Å². The van der Waals surface area contributed by atoms with Gasteiger partial charge in [0.15, 0.2) is 0 Å². The zero-order chi connectivity index (χ0) is 17.9. The largest absolute Gasteiger partial charge is 0.465 e. The van der Waals surface area contributed by atoms with Crippen LogP contribution in [0.3, 0.4) is 0 Å². The highest BCUT2D eigenvalue weighted by Crippen LogP contribution is 2.26. The van der Waals surface area contributed by atoms with Gasteiger partial charge < -0.3 is 15.3 Å². The molecule has 1 aromatic carbocycles. The number of hydrogen-bond donors (Lipinski definition) is 3. The minimum atomic E-state index is -3.67. The van der Waals surface area contributed by atoms with E-state index in [0.29, 0.717) is 35.0 Å². The summed E-state index contributed by atoms with van der Waals surface area (Å²) in [6.45, 7) is 2.97. The zero-order valence-corrected chi connectivity index (χ0v) is 17.0. The van der Waals surface area contributed by atoms with Gasteiger partial charge in [-0.25, -0.2) is 17.9 Å². The molecule has 0 spiro atoms. The smallest absolute Gasteiger partial charge is 0.407 e. The van der Waals surface area contributed by atoms with Gasteiger partial charge >= 0.3 is 6.09 Å². The van der Waals surface area contributed by atoms with Crippen molar-refractivity contribution in [2.24, 2.45) is 0 Å². The van der Waals surface area contributed by atoms with Crippen molar-refractivity contribution in [2.75, 3.05) is 19.6 Å². The number of nitrogens with zero attached hydrogens (tertiary/aromatic N) is 1. The van der Waals surface area contributed by atoms with E-state index in [1.165, 1.54) is 11.0 Å². The Labute approximate surface area is 158 Å². The summed E-state index contributed by atoms with van der Waals surface area (Å²) in [4.78, 5) is 12.5. The van der Waals surface area contributed by atoms with Crippen molar-refractivity contribution in [1.82, 2.24) is 14.9 Å². The summed E-state index contributed by atoms with van der Waals surface area (Å²) in [5.41, 5.74) is 0. The molecule has 1 fully saturated rings. The van der Waals surface area contributed by atoms with Gasteiger partial charge in [-0.1, -0.05) is 15.9 Å². The van der Waals surface area contributed by atoms with Crippen LogP contribution in [0.4, 0.5) is 4.79 Å². The Hall–Kier alpha value is -0.680. The van der Waals surface area contributed by atoms with Crippen molar-refractivity contribution in [2.45, 2.75) is 30.3 Å². The SMILES string of the molecule is CCN(C[C@H]1C[C@@H](NS(=O)(=O)c2cc(Br)ccc2Br)CN1)C(=O)O. The molecule has 0 bridgehead atoms. The van der Waals surface area contributed by atoms with Gasteiger partial charge in [0.2, 0.25) is 10.0 Å². The summed E-state index contributed by atoms with van der Waals surface area (Å²) in [5.74, 6) is 0. The first-order valence-electron chi connectivity index (χ1n) is 7.41. The number of hydrogen-bond acceptors (Lipinski definition) is 4. The molecule has 10 heteroatoms. The van der Waals surface area contributed by atoms with Gasteiger partial charge in [0.1, 0.15) is 0 Å². The van der Waals surface area contributed by atoms with E-state index in [0.717, 1.165) is 0 Å². The van der Waals surface area contributed by atoms with Gasteiger partial charge in [0.05, 0.1) is 4.90 Å². The lowest BCUT2D eigenvalue weighted by Gasteiger charge is -2.21. The predicted octanol–water partition coefficient (Wildman–Crippen LogP) is 2.22. The third kappa shape index (κ3) is 4.92. The average molecular weight is 485 g/mol. The Bertz CT molecular complexity index is 714. The number of sulfonamides is 1. The second kappa shape index (κ2) is 8.13. The fourth-order valence-electron chi connectivity index (χ4n) is 2.62. The van der Waals surface area contributed by atoms with Gasteiger partial charge in [-0.3, -0.25) is 0 Å². The summed E-state index contributed by atoms with van der Waals surface area (Å²) in [6.07, 6.45) is -0.435. The van der Waals surface area contributed by atoms with Crippen molar-refractivity contribution in [3.05, 3.63) is 27.1 Å². The molecule has 0 saturated carbocycles. The molecule has 0 aromatic heterocycles. The highest BCUT2D eigenvalue weighted by Gasteiger charge is 2.30. The van der Waals surface area contributed by atoms with Crippen molar-refractivity contribution < 1.29 is 18.3 Å². The molecular weight excluding hydrogens is 466 g/mol. The third-order valence-corrected chi connectivity index (χ3v) is 6.83. The number of carboxylic acid groups (broad SMARTS) is 1. The standard InChI is InChI=1S/C14H19Br2N3O4S/c1-2-19(14(20)21)8-11-6-10(7-17-11)18-24(22,23)13-5-9(15)3-4-12(13)16/h3-5,10-11,17-18H,2,6-8H2,1H3,(H,20,21)/t10-,11-/m1/s1. The van der Waals surface area contributed by atoms with Gasteiger partial charge in [-0.05, 0) is 47.5 Å². The van der Waals surface area contributed by atoms with Crippen LogP contribution in [0, 0.1) is 0 Å². The first kappa shape index (κ1) is 19.6. The lowest BCUT2D eigenvalue weighted by Crippen LogP contribution is -2.40. The van der Waals surface area contributed by atoms with E-state index >= 15 is 0 Å². The van der Waals surface area contributed by atoms with E-state index in [1.54, 1.807) is 19.1 Å². The Kier molecular flexibility index (Phi) is 6.66. The maximum atomic E-state index is 12.6. The Morgan fingerprint density at radius 1 is 1.46 bits per heavy atom. The molecule has 3 N–H and O–H groups in total. The maximum Gasteiger partial charge on any atom is 0.407 e. The van der Waals surface area contributed by atoms with Crippen LogP contribution >= 0.6 is 31.9 Å². The highest BCUT2D eigenvalue weighted by molar-refractivity contribution is 9.11. The molecule has 1 aliphatic rings. The molecule has 0 unspecified atom stereocenters. The molecular formula is C14H19Br2N3O4S. The summed E-state index contributed by atoms with van der Waals surface area (Å²) in [6, 6.07) is 4.61. The summed E-state index contributed by atoms with van der Waals surface area (Å²) in [7, 11) is -3.67. The molecule has 1 aromatic rings. The first-order chi connectivity index (χ1) is 11.2. The van der Waals surface area contributed by atoms with E-state index in [9.17, 15) is 13.2 Å². The van der Waals surface area contributed by atoms with Crippen LogP contribution < -0.4 is 10.0 Å². The number of likely N-dealkylation sites (N-methyl/N-ethyl adjacent to an activating group) is 1. The fourth-order valence-corrected chi connectivity index (χ4v) is 5.37. The Morgan fingerprint density at radius 3 is 2.79 bits per heavy atom. The normalized spacial score (nSPS) is 21.0. The lowest BCUT2D eigenvalue weighted by molar-refractivity contribution is 0.143. The van der Waals surface area contributed by atoms with Crippen LogP contribution in [0.5, 0.6) is 0 Å². The molecule has 1 heterocycles. The molecule has 7 nitrogen and oxygen atoms in total. The highest BCUT2D eigenvalue weighted by atomic mass is 79.9. The number of nitrogens with one attached hydrogen (secondary N) is 2. The van der Waals surface area contributed by atoms with E-state index in [4.69, 9.17) is 5.11 Å². The molecule has 2 atom stereocenters. The molecule has 134 valence electrons. The second-order valence-corrected chi connectivity index (χ2v) is 9.01. The minimum Gasteiger partial charge on any atom is -0.465 e. The number of amides is 1. The minimum absolute atomic E-state index is 0.0697. The van der Waals surface area contributed by atoms with E-state index in [2.05, 4.69) is 41.9 Å². The molecule has 1 saturated heterocycles. The van der Waals surface area contributed by atoms with Gasteiger partial charge in [-0.15, -0.1) is 0 Å². The van der Waals surface area contributed by atoms with E-state index in [1.807, 2.05) is 0 Å². The van der Waals surface area contributed by atoms with Crippen molar-refractivity contribution in [3.63, 3.8) is 0 Å². The molecule has 1 amide bonds. The zero-order valence-electron chi connectivity index (χ0n) is 13.0. The van der Waals surface area contributed by atoms with Crippen molar-refractivity contribution in [3.8, 4) is 0 Å². The van der Waals surface area contributed by atoms with Crippen LogP contribution in [-0.4, -0.2) is 56.2 Å². The van der Waals surface area contributed by atoms with Crippen LogP contribution in [0.25, 0.3) is 0 Å². The monoisotopic (exact) mass is 483 g/mol. The van der Waals surface area contributed by atoms with Crippen LogP contribution in [0.1, 0.15) is 13.3 Å². The second-order valence-electron chi connectivity index (χ2n) is 5.56. The molecule has 0 radical (unpaired) electrons. The number of benzene rings is 1. The van der Waals surface area contributed by atoms with Gasteiger partial charge in [0, 0.05) is 40.7 Å². The fraction of sp³-hybridized carbons (Fsp3) is 0.500. The topological polar surface area (TPSA) is 98.7 Å². The molecule has 2 rings (SSSR count). The first-order valence-corrected chi connectivity index (χ1v) is 10.5. The Balaban J connectivity index is 2.02. The van der Waals surface area contributed by atoms with Crippen LogP contribution in [-0.2, 0) is 10.0 Å². The average Bonchev–Trinajstić information content (AvgIpc) is 2.93. The van der Waals surface area contributed by atoms with Gasteiger partial charge in [0.25, 0.3) is 0 Å². The quantitative estimate of drug-likeness (QED) is 0.575. The molecule has 1 aliphatic heterocycles. The summed E-state index contributed by atoms with van der Waals surface area (Å²) in [5, 5.41) is 12.2. The lowest BCUT2D eigenvalue weighted by atomic mass is 10.2. The van der Waals surface area contributed by atoms with Crippen LogP contribution in [0.2, 0.25) is 0 Å². The number of carbonyl (C=O) groups is 1. The van der Waals surface area contributed by atoms with E-state index in [-0.39, 0.29) is 17.0 Å². The van der Waals surface area contributed by atoms with Crippen molar-refractivity contribution in [1.29, 1.82) is 0 Å². The number of halogens is 2. The summed E-state index contributed by atoms with van der Waals surface area (Å²) >= 11 is 6.53. The molecule has 24 heavy (non-hydrogen) atoms. The van der Waals surface area contributed by atoms with Crippen molar-refractivity contribution >= 4 is 48.0 Å². The molecule has 0 aliphatic carbocycles. The number of rotatable bonds is 6. The third-order valence-electron chi connectivity index (χ3n) is 3.82. The van der Waals surface area contributed by atoms with E-state index < -0.39 is 16.1 Å².